The van der Waals surface area contributed by atoms with E-state index in [0.717, 1.165) is 56.1 Å². The summed E-state index contributed by atoms with van der Waals surface area (Å²) in [4.78, 5) is 17.0. The average molecular weight is 375 g/mol. The van der Waals surface area contributed by atoms with Crippen LogP contribution in [0.5, 0.6) is 0 Å². The van der Waals surface area contributed by atoms with Gasteiger partial charge in [-0.25, -0.2) is 4.68 Å². The number of aromatic nitrogens is 3. The van der Waals surface area contributed by atoms with Gasteiger partial charge in [0, 0.05) is 38.3 Å². The van der Waals surface area contributed by atoms with Gasteiger partial charge in [0.05, 0.1) is 17.6 Å². The first-order chi connectivity index (χ1) is 13.7. The maximum atomic E-state index is 12.7. The topological polar surface area (TPSA) is 54.3 Å². The van der Waals surface area contributed by atoms with Crippen molar-refractivity contribution in [2.24, 2.45) is 0 Å². The number of hydrogen-bond donors (Lipinski definition) is 0. The fraction of sp³-hybridized carbons (Fsp3) is 0.318. The third kappa shape index (κ3) is 3.97. The summed E-state index contributed by atoms with van der Waals surface area (Å²) >= 11 is 0. The van der Waals surface area contributed by atoms with E-state index < -0.39 is 0 Å². The molecule has 0 atom stereocenters. The predicted octanol–water partition coefficient (Wildman–Crippen LogP) is 2.79. The largest absolute Gasteiger partial charge is 0.336 e. The number of aryl methyl sites for hydroxylation is 1. The van der Waals surface area contributed by atoms with Gasteiger partial charge in [0.1, 0.15) is 0 Å². The van der Waals surface area contributed by atoms with E-state index in [1.807, 2.05) is 70.4 Å². The Labute approximate surface area is 165 Å². The minimum Gasteiger partial charge on any atom is -0.336 e. The maximum Gasteiger partial charge on any atom is 0.253 e. The second-order valence-corrected chi connectivity index (χ2v) is 7.09. The molecule has 1 aromatic heterocycles. The molecular weight excluding hydrogens is 350 g/mol. The van der Waals surface area contributed by atoms with Gasteiger partial charge in [0.2, 0.25) is 0 Å². The molecule has 1 amide bonds. The molecule has 0 N–H and O–H groups in total. The molecule has 0 saturated carbocycles. The number of carbonyl (C=O) groups excluding carboxylic acids is 1. The van der Waals surface area contributed by atoms with Gasteiger partial charge in [0.25, 0.3) is 5.91 Å². The summed E-state index contributed by atoms with van der Waals surface area (Å²) < 4.78 is 1.88. The highest BCUT2D eigenvalue weighted by Gasteiger charge is 2.23. The monoisotopic (exact) mass is 375 g/mol. The second kappa shape index (κ2) is 8.35. The van der Waals surface area contributed by atoms with Crippen molar-refractivity contribution in [3.63, 3.8) is 0 Å². The number of hydrogen-bond acceptors (Lipinski definition) is 4. The Morgan fingerprint density at radius 3 is 2.36 bits per heavy atom. The van der Waals surface area contributed by atoms with Crippen molar-refractivity contribution in [1.29, 1.82) is 0 Å². The molecule has 3 aromatic rings. The number of piperazine rings is 1. The third-order valence-electron chi connectivity index (χ3n) is 5.27. The SMILES string of the molecule is CCc1ccc(C(=O)N2CCN(Cc3cnnn3-c3ccccc3)CC2)cc1. The quantitative estimate of drug-likeness (QED) is 0.688. The van der Waals surface area contributed by atoms with Crippen molar-refractivity contribution in [2.45, 2.75) is 19.9 Å². The van der Waals surface area contributed by atoms with Gasteiger partial charge in [-0.1, -0.05) is 42.5 Å². The Balaban J connectivity index is 1.36. The summed E-state index contributed by atoms with van der Waals surface area (Å²) in [5, 5.41) is 8.31. The van der Waals surface area contributed by atoms with Crippen LogP contribution in [0, 0.1) is 0 Å². The van der Waals surface area contributed by atoms with Gasteiger partial charge in [-0.3, -0.25) is 9.69 Å². The molecule has 0 bridgehead atoms. The van der Waals surface area contributed by atoms with Crippen LogP contribution in [-0.2, 0) is 13.0 Å². The molecule has 144 valence electrons. The first kappa shape index (κ1) is 18.4. The lowest BCUT2D eigenvalue weighted by molar-refractivity contribution is 0.0626. The smallest absolute Gasteiger partial charge is 0.253 e. The lowest BCUT2D eigenvalue weighted by Gasteiger charge is -2.34. The van der Waals surface area contributed by atoms with Gasteiger partial charge in [0.15, 0.2) is 0 Å². The number of carbonyl (C=O) groups is 1. The fourth-order valence-electron chi connectivity index (χ4n) is 3.55. The van der Waals surface area contributed by atoms with Gasteiger partial charge < -0.3 is 4.90 Å². The van der Waals surface area contributed by atoms with Crippen molar-refractivity contribution in [3.8, 4) is 5.69 Å². The Bertz CT molecular complexity index is 912. The van der Waals surface area contributed by atoms with Crippen LogP contribution >= 0.6 is 0 Å². The Morgan fingerprint density at radius 1 is 0.964 bits per heavy atom. The van der Waals surface area contributed by atoms with E-state index >= 15 is 0 Å². The molecule has 6 heteroatoms. The van der Waals surface area contributed by atoms with Crippen LogP contribution in [-0.4, -0.2) is 56.9 Å². The average Bonchev–Trinajstić information content (AvgIpc) is 3.22. The summed E-state index contributed by atoms with van der Waals surface area (Å²) in [6.45, 7) is 6.06. The summed E-state index contributed by atoms with van der Waals surface area (Å²) in [5.74, 6) is 0.123. The molecular formula is C22H25N5O. The molecule has 0 spiro atoms. The molecule has 1 aliphatic rings. The van der Waals surface area contributed by atoms with Crippen molar-refractivity contribution < 1.29 is 4.79 Å². The number of para-hydroxylation sites is 1. The zero-order valence-electron chi connectivity index (χ0n) is 16.2. The summed E-state index contributed by atoms with van der Waals surface area (Å²) in [7, 11) is 0. The van der Waals surface area contributed by atoms with Crippen LogP contribution in [0.25, 0.3) is 5.69 Å². The van der Waals surface area contributed by atoms with Gasteiger partial charge in [-0.2, -0.15) is 0 Å². The maximum absolute atomic E-state index is 12.7. The second-order valence-electron chi connectivity index (χ2n) is 7.09. The molecule has 28 heavy (non-hydrogen) atoms. The zero-order valence-corrected chi connectivity index (χ0v) is 16.2. The Hall–Kier alpha value is -2.99. The van der Waals surface area contributed by atoms with Gasteiger partial charge in [-0.05, 0) is 36.2 Å². The van der Waals surface area contributed by atoms with E-state index in [9.17, 15) is 4.79 Å². The minimum absolute atomic E-state index is 0.123. The van der Waals surface area contributed by atoms with E-state index in [-0.39, 0.29) is 5.91 Å². The lowest BCUT2D eigenvalue weighted by Crippen LogP contribution is -2.48. The highest BCUT2D eigenvalue weighted by atomic mass is 16.2. The minimum atomic E-state index is 0.123. The summed E-state index contributed by atoms with van der Waals surface area (Å²) in [6, 6.07) is 18.0. The third-order valence-corrected chi connectivity index (χ3v) is 5.27. The number of amides is 1. The standard InChI is InChI=1S/C22H25N5O/c1-2-18-8-10-19(11-9-18)22(28)26-14-12-25(13-15-26)17-21-16-23-24-27(21)20-6-4-3-5-7-20/h3-11,16H,2,12-15,17H2,1H3. The van der Waals surface area contributed by atoms with Crippen LogP contribution in [0.2, 0.25) is 0 Å². The highest BCUT2D eigenvalue weighted by molar-refractivity contribution is 5.94. The first-order valence-electron chi connectivity index (χ1n) is 9.80. The molecule has 1 fully saturated rings. The fourth-order valence-corrected chi connectivity index (χ4v) is 3.55. The Morgan fingerprint density at radius 2 is 1.68 bits per heavy atom. The summed E-state index contributed by atoms with van der Waals surface area (Å²) in [6.07, 6.45) is 2.81. The molecule has 1 aliphatic heterocycles. The number of rotatable bonds is 5. The van der Waals surface area contributed by atoms with Crippen LogP contribution < -0.4 is 0 Å². The summed E-state index contributed by atoms with van der Waals surface area (Å²) in [5.41, 5.74) is 4.10. The van der Waals surface area contributed by atoms with Gasteiger partial charge >= 0.3 is 0 Å². The van der Waals surface area contributed by atoms with E-state index in [1.165, 1.54) is 5.56 Å². The molecule has 0 aliphatic carbocycles. The molecule has 6 nitrogen and oxygen atoms in total. The van der Waals surface area contributed by atoms with Gasteiger partial charge in [-0.15, -0.1) is 5.10 Å². The first-order valence-corrected chi connectivity index (χ1v) is 9.80. The molecule has 0 unspecified atom stereocenters. The van der Waals surface area contributed by atoms with Crippen molar-refractivity contribution >= 4 is 5.91 Å². The number of nitrogens with zero attached hydrogens (tertiary/aromatic N) is 5. The molecule has 2 heterocycles. The van der Waals surface area contributed by atoms with Crippen molar-refractivity contribution in [1.82, 2.24) is 24.8 Å². The van der Waals surface area contributed by atoms with Crippen LogP contribution in [0.3, 0.4) is 0 Å². The van der Waals surface area contributed by atoms with E-state index in [0.29, 0.717) is 0 Å². The molecule has 0 radical (unpaired) electrons. The van der Waals surface area contributed by atoms with E-state index in [1.54, 1.807) is 0 Å². The number of benzene rings is 2. The van der Waals surface area contributed by atoms with Crippen molar-refractivity contribution in [2.75, 3.05) is 26.2 Å². The molecule has 2 aromatic carbocycles. The van der Waals surface area contributed by atoms with Crippen LogP contribution in [0.4, 0.5) is 0 Å². The molecule has 1 saturated heterocycles. The lowest BCUT2D eigenvalue weighted by atomic mass is 10.1. The Kier molecular flexibility index (Phi) is 5.48. The van der Waals surface area contributed by atoms with Crippen LogP contribution in [0.1, 0.15) is 28.5 Å². The van der Waals surface area contributed by atoms with E-state index in [4.69, 9.17) is 0 Å². The predicted molar refractivity (Wildman–Crippen MR) is 108 cm³/mol. The van der Waals surface area contributed by atoms with E-state index in [2.05, 4.69) is 22.1 Å². The van der Waals surface area contributed by atoms with Crippen molar-refractivity contribution in [3.05, 3.63) is 77.6 Å². The zero-order chi connectivity index (χ0) is 19.3. The molecule has 4 rings (SSSR count). The van der Waals surface area contributed by atoms with Crippen LogP contribution in [0.15, 0.2) is 60.8 Å². The normalized spacial score (nSPS) is 15.0. The highest BCUT2D eigenvalue weighted by Crippen LogP contribution is 2.14.